The van der Waals surface area contributed by atoms with Crippen molar-refractivity contribution in [1.29, 1.82) is 0 Å². The second kappa shape index (κ2) is 4.89. The molecule has 6 heteroatoms. The molecule has 0 saturated heterocycles. The fraction of sp³-hybridized carbons (Fsp3) is 0.111. The van der Waals surface area contributed by atoms with E-state index in [1.807, 2.05) is 11.4 Å². The number of thiophene rings is 2. The van der Waals surface area contributed by atoms with Crippen LogP contribution in [0.4, 0.5) is 0 Å². The van der Waals surface area contributed by atoms with Crippen molar-refractivity contribution in [3.05, 3.63) is 40.2 Å². The Kier molecular flexibility index (Phi) is 3.96. The van der Waals surface area contributed by atoms with E-state index in [2.05, 4.69) is 22.6 Å². The lowest BCUT2D eigenvalue weighted by Crippen LogP contribution is -1.96. The van der Waals surface area contributed by atoms with Crippen LogP contribution >= 0.6 is 68.5 Å². The third kappa shape index (κ3) is 2.68. The minimum Gasteiger partial charge on any atom is -0.384 e. The predicted molar refractivity (Wildman–Crippen MR) is 75.4 cm³/mol. The van der Waals surface area contributed by atoms with Gasteiger partial charge in [0.2, 0.25) is 0 Å². The average Bonchev–Trinajstić information content (AvgIpc) is 2.71. The molecule has 0 aliphatic carbocycles. The van der Waals surface area contributed by atoms with Crippen LogP contribution < -0.4 is 0 Å². The molecule has 0 radical (unpaired) electrons. The first-order valence-electron chi connectivity index (χ1n) is 3.94. The molecule has 1 N–H and O–H groups in total. The van der Waals surface area contributed by atoms with Gasteiger partial charge >= 0.3 is 0 Å². The topological polar surface area (TPSA) is 20.2 Å². The Bertz CT molecular complexity index is 480. The van der Waals surface area contributed by atoms with Gasteiger partial charge in [0.25, 0.3) is 0 Å². The number of hydrogen-bond acceptors (Lipinski definition) is 3. The minimum atomic E-state index is -0.680. The molecule has 80 valence electrons. The van der Waals surface area contributed by atoms with E-state index in [1.54, 1.807) is 17.4 Å². The fourth-order valence-electron chi connectivity index (χ4n) is 1.19. The lowest BCUT2D eigenvalue weighted by atomic mass is 10.1. The normalized spacial score (nSPS) is 13.1. The highest BCUT2D eigenvalue weighted by Crippen LogP contribution is 2.38. The molecule has 1 unspecified atom stereocenters. The molecular weight excluding hydrogens is 386 g/mol. The van der Waals surface area contributed by atoms with E-state index in [4.69, 9.17) is 23.2 Å². The van der Waals surface area contributed by atoms with Crippen LogP contribution in [0.3, 0.4) is 0 Å². The quantitative estimate of drug-likeness (QED) is 0.730. The highest BCUT2D eigenvalue weighted by atomic mass is 127. The molecule has 0 amide bonds. The lowest BCUT2D eigenvalue weighted by Gasteiger charge is -2.06. The first-order chi connectivity index (χ1) is 7.08. The van der Waals surface area contributed by atoms with E-state index >= 15 is 0 Å². The van der Waals surface area contributed by atoms with Crippen LogP contribution in [0.25, 0.3) is 0 Å². The molecule has 15 heavy (non-hydrogen) atoms. The van der Waals surface area contributed by atoms with E-state index in [-0.39, 0.29) is 0 Å². The van der Waals surface area contributed by atoms with Gasteiger partial charge in [-0.2, -0.15) is 0 Å². The zero-order valence-corrected chi connectivity index (χ0v) is 12.5. The predicted octanol–water partition coefficient (Wildman–Crippen LogP) is 4.80. The summed E-state index contributed by atoms with van der Waals surface area (Å²) in [5.74, 6) is 0. The molecular formula is C9H5Cl2IOS2. The van der Waals surface area contributed by atoms with Crippen LogP contribution in [0, 0.1) is 2.88 Å². The Morgan fingerprint density at radius 3 is 2.53 bits per heavy atom. The summed E-state index contributed by atoms with van der Waals surface area (Å²) >= 11 is 16.9. The maximum absolute atomic E-state index is 10.1. The van der Waals surface area contributed by atoms with E-state index in [1.165, 1.54) is 11.3 Å². The summed E-state index contributed by atoms with van der Waals surface area (Å²) in [7, 11) is 0. The molecule has 0 spiro atoms. The molecule has 0 aliphatic heterocycles. The summed E-state index contributed by atoms with van der Waals surface area (Å²) in [6.07, 6.45) is -0.680. The summed E-state index contributed by atoms with van der Waals surface area (Å²) in [5, 5.41) is 12.0. The van der Waals surface area contributed by atoms with Crippen molar-refractivity contribution in [1.82, 2.24) is 0 Å². The molecule has 2 aromatic rings. The fourth-order valence-corrected chi connectivity index (χ4v) is 4.10. The van der Waals surface area contributed by atoms with Crippen molar-refractivity contribution in [2.24, 2.45) is 0 Å². The molecule has 0 saturated carbocycles. The van der Waals surface area contributed by atoms with Crippen LogP contribution in [-0.4, -0.2) is 5.11 Å². The van der Waals surface area contributed by atoms with Crippen molar-refractivity contribution in [2.75, 3.05) is 0 Å². The number of halogens is 3. The van der Waals surface area contributed by atoms with Gasteiger partial charge in [-0.3, -0.25) is 0 Å². The van der Waals surface area contributed by atoms with Crippen LogP contribution in [0.15, 0.2) is 17.5 Å². The Labute approximate surface area is 119 Å². The number of hydrogen-bond donors (Lipinski definition) is 1. The van der Waals surface area contributed by atoms with E-state index in [9.17, 15) is 5.11 Å². The first kappa shape index (κ1) is 12.1. The number of aliphatic hydroxyl groups is 1. The van der Waals surface area contributed by atoms with Crippen molar-refractivity contribution in [3.8, 4) is 0 Å². The van der Waals surface area contributed by atoms with Crippen molar-refractivity contribution in [2.45, 2.75) is 6.10 Å². The lowest BCUT2D eigenvalue weighted by molar-refractivity contribution is 0.221. The second-order valence-electron chi connectivity index (χ2n) is 2.87. The van der Waals surface area contributed by atoms with Gasteiger partial charge in [-0.05, 0) is 45.7 Å². The Balaban J connectivity index is 2.35. The van der Waals surface area contributed by atoms with Gasteiger partial charge in [-0.25, -0.2) is 0 Å². The van der Waals surface area contributed by atoms with E-state index in [0.717, 1.165) is 8.45 Å². The van der Waals surface area contributed by atoms with Gasteiger partial charge in [0.1, 0.15) is 10.4 Å². The van der Waals surface area contributed by atoms with E-state index in [0.29, 0.717) is 14.2 Å². The highest BCUT2D eigenvalue weighted by Gasteiger charge is 2.17. The molecule has 2 aromatic heterocycles. The summed E-state index contributed by atoms with van der Waals surface area (Å²) in [4.78, 5) is 0. The first-order valence-corrected chi connectivity index (χ1v) is 7.47. The number of aliphatic hydroxyl groups excluding tert-OH is 1. The van der Waals surface area contributed by atoms with Crippen LogP contribution in [0.2, 0.25) is 8.67 Å². The van der Waals surface area contributed by atoms with Crippen molar-refractivity contribution < 1.29 is 5.11 Å². The smallest absolute Gasteiger partial charge is 0.107 e. The zero-order valence-electron chi connectivity index (χ0n) is 7.21. The zero-order chi connectivity index (χ0) is 11.0. The van der Waals surface area contributed by atoms with Gasteiger partial charge in [0.15, 0.2) is 0 Å². The summed E-state index contributed by atoms with van der Waals surface area (Å²) < 4.78 is 2.28. The molecule has 2 heterocycles. The average molecular weight is 391 g/mol. The van der Waals surface area contributed by atoms with Crippen molar-refractivity contribution >= 4 is 68.5 Å². The SMILES string of the molecule is OC(c1csc(I)c1)c1cc(Cl)sc1Cl. The Morgan fingerprint density at radius 1 is 1.33 bits per heavy atom. The van der Waals surface area contributed by atoms with Crippen molar-refractivity contribution in [3.63, 3.8) is 0 Å². The Hall–Kier alpha value is 0.670. The van der Waals surface area contributed by atoms with Crippen LogP contribution in [0.1, 0.15) is 17.2 Å². The molecule has 0 aliphatic rings. The molecule has 2 rings (SSSR count). The summed E-state index contributed by atoms with van der Waals surface area (Å²) in [6.45, 7) is 0. The summed E-state index contributed by atoms with van der Waals surface area (Å²) in [6, 6.07) is 3.65. The maximum Gasteiger partial charge on any atom is 0.107 e. The van der Waals surface area contributed by atoms with Gasteiger partial charge < -0.3 is 5.11 Å². The highest BCUT2D eigenvalue weighted by molar-refractivity contribution is 14.1. The maximum atomic E-state index is 10.1. The molecule has 1 nitrogen and oxygen atoms in total. The molecule has 1 atom stereocenters. The summed E-state index contributed by atoms with van der Waals surface area (Å²) in [5.41, 5.74) is 1.54. The standard InChI is InChI=1S/C9H5Cl2IOS2/c10-6-2-5(9(11)15-6)8(13)4-1-7(12)14-3-4/h1-3,8,13H. The van der Waals surface area contributed by atoms with Gasteiger partial charge in [-0.1, -0.05) is 23.2 Å². The van der Waals surface area contributed by atoms with E-state index < -0.39 is 6.10 Å². The monoisotopic (exact) mass is 390 g/mol. The third-order valence-corrected chi connectivity index (χ3v) is 5.21. The largest absolute Gasteiger partial charge is 0.384 e. The number of rotatable bonds is 2. The minimum absolute atomic E-state index is 0.550. The van der Waals surface area contributed by atoms with Crippen LogP contribution in [0.5, 0.6) is 0 Å². The second-order valence-corrected chi connectivity index (χ2v) is 7.96. The van der Waals surface area contributed by atoms with Gasteiger partial charge in [0, 0.05) is 5.56 Å². The Morgan fingerprint density at radius 2 is 2.07 bits per heavy atom. The van der Waals surface area contributed by atoms with Crippen LogP contribution in [-0.2, 0) is 0 Å². The molecule has 0 fully saturated rings. The van der Waals surface area contributed by atoms with Gasteiger partial charge in [-0.15, -0.1) is 22.7 Å². The molecule has 0 aromatic carbocycles. The third-order valence-electron chi connectivity index (χ3n) is 1.88. The molecule has 0 bridgehead atoms. The van der Waals surface area contributed by atoms with Gasteiger partial charge in [0.05, 0.1) is 7.22 Å².